The van der Waals surface area contributed by atoms with Crippen LogP contribution in [0, 0.1) is 11.8 Å². The van der Waals surface area contributed by atoms with Crippen molar-refractivity contribution in [3.8, 4) is 0 Å². The van der Waals surface area contributed by atoms with Crippen LogP contribution in [-0.4, -0.2) is 60.1 Å². The number of carbonyl (C=O) groups is 2. The Hall–Kier alpha value is -2.08. The molecule has 2 amide bonds. The third-order valence-corrected chi connectivity index (χ3v) is 5.45. The van der Waals surface area contributed by atoms with Crippen molar-refractivity contribution in [1.82, 2.24) is 15.1 Å². The van der Waals surface area contributed by atoms with Crippen LogP contribution in [0.5, 0.6) is 0 Å². The summed E-state index contributed by atoms with van der Waals surface area (Å²) >= 11 is 0. The van der Waals surface area contributed by atoms with Crippen LogP contribution >= 0.6 is 0 Å². The third kappa shape index (κ3) is 7.98. The second-order valence-corrected chi connectivity index (χ2v) is 9.78. The lowest BCUT2D eigenvalue weighted by molar-refractivity contribution is -0.127. The largest absolute Gasteiger partial charge is 0.444 e. The van der Waals surface area contributed by atoms with E-state index in [-0.39, 0.29) is 24.0 Å². The molecule has 0 aromatic heterocycles. The van der Waals surface area contributed by atoms with Gasteiger partial charge in [-0.15, -0.1) is 0 Å². The Morgan fingerprint density at radius 2 is 1.77 bits per heavy atom. The number of likely N-dealkylation sites (N-methyl/N-ethyl adjacent to an activating group) is 1. The molecule has 2 rings (SSSR count). The molecular formula is C24H39N3O3. The van der Waals surface area contributed by atoms with Crippen molar-refractivity contribution in [3.05, 3.63) is 35.9 Å². The highest BCUT2D eigenvalue weighted by Crippen LogP contribution is 2.20. The van der Waals surface area contributed by atoms with Crippen molar-refractivity contribution >= 4 is 12.0 Å². The molecule has 0 radical (unpaired) electrons. The highest BCUT2D eigenvalue weighted by molar-refractivity contribution is 5.79. The van der Waals surface area contributed by atoms with Crippen molar-refractivity contribution in [3.63, 3.8) is 0 Å². The first-order chi connectivity index (χ1) is 14.0. The molecule has 168 valence electrons. The van der Waals surface area contributed by atoms with Crippen LogP contribution in [0.25, 0.3) is 0 Å². The van der Waals surface area contributed by atoms with Crippen molar-refractivity contribution in [2.45, 2.75) is 65.6 Å². The predicted octanol–water partition coefficient (Wildman–Crippen LogP) is 3.91. The zero-order valence-corrected chi connectivity index (χ0v) is 19.5. The van der Waals surface area contributed by atoms with Gasteiger partial charge in [0.05, 0.1) is 0 Å². The van der Waals surface area contributed by atoms with E-state index in [1.54, 1.807) is 4.90 Å². The normalized spacial score (nSPS) is 16.6. The van der Waals surface area contributed by atoms with Gasteiger partial charge in [-0.3, -0.25) is 4.79 Å². The molecule has 1 aromatic carbocycles. The van der Waals surface area contributed by atoms with Gasteiger partial charge in [0, 0.05) is 38.1 Å². The number of hydrogen-bond donors (Lipinski definition) is 1. The van der Waals surface area contributed by atoms with E-state index in [1.807, 2.05) is 26.8 Å². The van der Waals surface area contributed by atoms with Crippen LogP contribution in [-0.2, 0) is 16.1 Å². The lowest BCUT2D eigenvalue weighted by atomic mass is 9.94. The maximum Gasteiger partial charge on any atom is 0.410 e. The van der Waals surface area contributed by atoms with Gasteiger partial charge in [-0.1, -0.05) is 44.2 Å². The number of nitrogens with one attached hydrogen (secondary N) is 1. The number of hydrogen-bond acceptors (Lipinski definition) is 4. The molecule has 0 bridgehead atoms. The second-order valence-electron chi connectivity index (χ2n) is 9.78. The van der Waals surface area contributed by atoms with E-state index in [0.717, 1.165) is 13.1 Å². The minimum absolute atomic E-state index is 0.0515. The first-order valence-corrected chi connectivity index (χ1v) is 11.1. The summed E-state index contributed by atoms with van der Waals surface area (Å²) in [6.07, 6.45) is 1.06. The molecule has 1 heterocycles. The van der Waals surface area contributed by atoms with E-state index in [4.69, 9.17) is 4.74 Å². The molecule has 30 heavy (non-hydrogen) atoms. The Bertz CT molecular complexity index is 677. The quantitative estimate of drug-likeness (QED) is 0.731. The fraction of sp³-hybridized carbons (Fsp3) is 0.667. The van der Waals surface area contributed by atoms with E-state index in [9.17, 15) is 9.59 Å². The second kappa shape index (κ2) is 10.8. The van der Waals surface area contributed by atoms with Crippen molar-refractivity contribution in [1.29, 1.82) is 0 Å². The Labute approximate surface area is 182 Å². The maximum absolute atomic E-state index is 12.9. The van der Waals surface area contributed by atoms with Gasteiger partial charge in [-0.2, -0.15) is 0 Å². The number of nitrogens with zero attached hydrogens (tertiary/aromatic N) is 2. The fourth-order valence-electron chi connectivity index (χ4n) is 3.67. The Morgan fingerprint density at radius 1 is 1.17 bits per heavy atom. The standard InChI is InChI=1S/C24H39N3O3/c1-18(2)21(17-26(6)16-19-10-8-7-9-11-19)25-22(28)20-12-14-27(15-13-20)23(29)30-24(3,4)5/h7-11,18,20-21H,12-17H2,1-6H3,(H,25,28). The number of rotatable bonds is 7. The summed E-state index contributed by atoms with van der Waals surface area (Å²) in [4.78, 5) is 29.1. The first kappa shape index (κ1) is 24.2. The van der Waals surface area contributed by atoms with Crippen LogP contribution in [0.4, 0.5) is 4.79 Å². The molecule has 1 fully saturated rings. The SMILES string of the molecule is CC(C)C(CN(C)Cc1ccccc1)NC(=O)C1CCN(C(=O)OC(C)(C)C)CC1. The zero-order valence-electron chi connectivity index (χ0n) is 19.5. The van der Waals surface area contributed by atoms with Crippen LogP contribution < -0.4 is 5.32 Å². The highest BCUT2D eigenvalue weighted by Gasteiger charge is 2.31. The molecule has 1 unspecified atom stereocenters. The Morgan fingerprint density at radius 3 is 2.30 bits per heavy atom. The summed E-state index contributed by atoms with van der Waals surface area (Å²) in [6.45, 7) is 12.7. The van der Waals surface area contributed by atoms with E-state index >= 15 is 0 Å². The summed E-state index contributed by atoms with van der Waals surface area (Å²) in [6, 6.07) is 10.5. The van der Waals surface area contributed by atoms with Gasteiger partial charge in [-0.05, 0) is 52.1 Å². The molecule has 6 heteroatoms. The molecule has 1 aromatic rings. The zero-order chi connectivity index (χ0) is 22.3. The molecule has 0 aliphatic carbocycles. The van der Waals surface area contributed by atoms with E-state index in [1.165, 1.54) is 5.56 Å². The Kier molecular flexibility index (Phi) is 8.71. The molecular weight excluding hydrogens is 378 g/mol. The number of carbonyl (C=O) groups excluding carboxylic acids is 2. The lowest BCUT2D eigenvalue weighted by Crippen LogP contribution is -2.50. The van der Waals surface area contributed by atoms with Crippen molar-refractivity contribution < 1.29 is 14.3 Å². The van der Waals surface area contributed by atoms with Gasteiger partial charge in [0.25, 0.3) is 0 Å². The number of ether oxygens (including phenoxy) is 1. The summed E-state index contributed by atoms with van der Waals surface area (Å²) in [5, 5.41) is 3.27. The number of amides is 2. The molecule has 1 aliphatic heterocycles. The van der Waals surface area contributed by atoms with E-state index in [0.29, 0.717) is 31.8 Å². The van der Waals surface area contributed by atoms with Crippen LogP contribution in [0.3, 0.4) is 0 Å². The molecule has 1 saturated heterocycles. The molecule has 0 saturated carbocycles. The fourth-order valence-corrected chi connectivity index (χ4v) is 3.67. The van der Waals surface area contributed by atoms with Crippen LogP contribution in [0.15, 0.2) is 30.3 Å². The molecule has 6 nitrogen and oxygen atoms in total. The van der Waals surface area contributed by atoms with E-state index in [2.05, 4.69) is 55.4 Å². The van der Waals surface area contributed by atoms with Gasteiger partial charge in [0.2, 0.25) is 5.91 Å². The maximum atomic E-state index is 12.9. The third-order valence-electron chi connectivity index (χ3n) is 5.45. The summed E-state index contributed by atoms with van der Waals surface area (Å²) in [5.41, 5.74) is 0.769. The number of likely N-dealkylation sites (tertiary alicyclic amines) is 1. The van der Waals surface area contributed by atoms with Crippen molar-refractivity contribution in [2.75, 3.05) is 26.7 Å². The minimum atomic E-state index is -0.498. The predicted molar refractivity (Wildman–Crippen MR) is 120 cm³/mol. The topological polar surface area (TPSA) is 61.9 Å². The van der Waals surface area contributed by atoms with Gasteiger partial charge in [0.15, 0.2) is 0 Å². The minimum Gasteiger partial charge on any atom is -0.444 e. The number of piperidine rings is 1. The molecule has 0 spiro atoms. The first-order valence-electron chi connectivity index (χ1n) is 11.1. The number of benzene rings is 1. The molecule has 1 atom stereocenters. The summed E-state index contributed by atoms with van der Waals surface area (Å²) < 4.78 is 5.44. The van der Waals surface area contributed by atoms with E-state index < -0.39 is 5.60 Å². The lowest BCUT2D eigenvalue weighted by Gasteiger charge is -2.34. The van der Waals surface area contributed by atoms with Crippen molar-refractivity contribution in [2.24, 2.45) is 11.8 Å². The molecule has 1 N–H and O–H groups in total. The average Bonchev–Trinajstić information content (AvgIpc) is 2.66. The van der Waals surface area contributed by atoms with Gasteiger partial charge in [-0.25, -0.2) is 4.79 Å². The van der Waals surface area contributed by atoms with Gasteiger partial charge >= 0.3 is 6.09 Å². The summed E-state index contributed by atoms with van der Waals surface area (Å²) in [5.74, 6) is 0.393. The molecule has 1 aliphatic rings. The summed E-state index contributed by atoms with van der Waals surface area (Å²) in [7, 11) is 2.09. The highest BCUT2D eigenvalue weighted by atomic mass is 16.6. The van der Waals surface area contributed by atoms with Crippen LogP contribution in [0.1, 0.15) is 53.0 Å². The van der Waals surface area contributed by atoms with Crippen LogP contribution in [0.2, 0.25) is 0 Å². The monoisotopic (exact) mass is 417 g/mol. The van der Waals surface area contributed by atoms with Gasteiger partial charge < -0.3 is 19.9 Å². The average molecular weight is 418 g/mol. The Balaban J connectivity index is 1.83. The van der Waals surface area contributed by atoms with Gasteiger partial charge in [0.1, 0.15) is 5.60 Å². The smallest absolute Gasteiger partial charge is 0.410 e.